The van der Waals surface area contributed by atoms with Gasteiger partial charge in [-0.05, 0) is 57.1 Å². The molecule has 1 aliphatic rings. The summed E-state index contributed by atoms with van der Waals surface area (Å²) >= 11 is 0. The monoisotopic (exact) mass is 314 g/mol. The molecule has 1 aromatic carbocycles. The normalized spacial score (nSPS) is 18.5. The fraction of sp³-hybridized carbons (Fsp3) is 0.500. The van der Waals surface area contributed by atoms with Gasteiger partial charge in [-0.2, -0.15) is 0 Å². The van der Waals surface area contributed by atoms with Crippen molar-refractivity contribution < 1.29 is 4.79 Å². The van der Waals surface area contributed by atoms with Crippen LogP contribution in [0.2, 0.25) is 0 Å². The van der Waals surface area contributed by atoms with E-state index in [1.165, 1.54) is 10.9 Å². The Morgan fingerprint density at radius 1 is 1.39 bits per heavy atom. The summed E-state index contributed by atoms with van der Waals surface area (Å²) < 4.78 is 2.24. The Morgan fingerprint density at radius 2 is 2.26 bits per heavy atom. The molecule has 1 unspecified atom stereocenters. The number of likely N-dealkylation sites (N-methyl/N-ethyl adjacent to an activating group) is 1. The number of rotatable bonds is 5. The molecule has 0 spiro atoms. The van der Waals surface area contributed by atoms with Gasteiger partial charge in [0.15, 0.2) is 0 Å². The molecule has 124 valence electrons. The van der Waals surface area contributed by atoms with Crippen LogP contribution in [0.15, 0.2) is 30.5 Å². The number of carbonyl (C=O) groups is 1. The lowest BCUT2D eigenvalue weighted by Gasteiger charge is -2.22. The molecule has 2 aromatic rings. The van der Waals surface area contributed by atoms with Crippen molar-refractivity contribution in [3.05, 3.63) is 30.5 Å². The Hall–Kier alpha value is -1.85. The third-order valence-corrected chi connectivity index (χ3v) is 4.50. The van der Waals surface area contributed by atoms with Gasteiger partial charge in [-0.15, -0.1) is 0 Å². The second-order valence-corrected chi connectivity index (χ2v) is 6.62. The number of nitrogens with one attached hydrogen (secondary N) is 2. The maximum absolute atomic E-state index is 12.4. The fourth-order valence-electron chi connectivity index (χ4n) is 3.08. The average Bonchev–Trinajstić information content (AvgIpc) is 2.96. The van der Waals surface area contributed by atoms with Gasteiger partial charge in [0.2, 0.25) is 5.91 Å². The van der Waals surface area contributed by atoms with Crippen LogP contribution in [0.25, 0.3) is 10.9 Å². The van der Waals surface area contributed by atoms with Crippen LogP contribution >= 0.6 is 0 Å². The molecular formula is C18H26N4O. The molecule has 5 heteroatoms. The van der Waals surface area contributed by atoms with Crippen molar-refractivity contribution in [1.82, 2.24) is 14.8 Å². The zero-order chi connectivity index (χ0) is 16.2. The molecule has 1 aromatic heterocycles. The number of benzene rings is 1. The van der Waals surface area contributed by atoms with Crippen LogP contribution in [-0.4, -0.2) is 49.1 Å². The van der Waals surface area contributed by atoms with E-state index in [0.717, 1.165) is 44.7 Å². The van der Waals surface area contributed by atoms with Gasteiger partial charge in [0.1, 0.15) is 0 Å². The van der Waals surface area contributed by atoms with Gasteiger partial charge in [0, 0.05) is 31.5 Å². The first-order valence-electron chi connectivity index (χ1n) is 8.39. The van der Waals surface area contributed by atoms with Crippen LogP contribution in [-0.2, 0) is 11.3 Å². The summed E-state index contributed by atoms with van der Waals surface area (Å²) in [7, 11) is 4.16. The second-order valence-electron chi connectivity index (χ2n) is 6.62. The molecule has 3 rings (SSSR count). The Balaban J connectivity index is 1.73. The van der Waals surface area contributed by atoms with Crippen molar-refractivity contribution in [3.63, 3.8) is 0 Å². The predicted octanol–water partition coefficient (Wildman–Crippen LogP) is 2.14. The maximum Gasteiger partial charge on any atom is 0.228 e. The van der Waals surface area contributed by atoms with Gasteiger partial charge in [0.25, 0.3) is 0 Å². The molecule has 0 aliphatic carbocycles. The zero-order valence-corrected chi connectivity index (χ0v) is 14.0. The van der Waals surface area contributed by atoms with Crippen molar-refractivity contribution in [1.29, 1.82) is 0 Å². The smallest absolute Gasteiger partial charge is 0.228 e. The summed E-state index contributed by atoms with van der Waals surface area (Å²) in [4.78, 5) is 14.6. The minimum Gasteiger partial charge on any atom is -0.346 e. The lowest BCUT2D eigenvalue weighted by molar-refractivity contribution is -0.120. The molecule has 1 atom stereocenters. The lowest BCUT2D eigenvalue weighted by atomic mass is 9.99. The highest BCUT2D eigenvalue weighted by molar-refractivity contribution is 5.95. The maximum atomic E-state index is 12.4. The highest BCUT2D eigenvalue weighted by Gasteiger charge is 2.20. The minimum atomic E-state index is 0.0833. The van der Waals surface area contributed by atoms with Crippen LogP contribution in [0.3, 0.4) is 0 Å². The highest BCUT2D eigenvalue weighted by atomic mass is 16.1. The number of carbonyl (C=O) groups excluding carboxylic acids is 1. The number of amides is 1. The first-order chi connectivity index (χ1) is 11.1. The van der Waals surface area contributed by atoms with Crippen LogP contribution in [0.4, 0.5) is 5.69 Å². The molecule has 1 aliphatic heterocycles. The summed E-state index contributed by atoms with van der Waals surface area (Å²) in [5, 5.41) is 7.59. The number of hydrogen-bond acceptors (Lipinski definition) is 3. The number of aromatic nitrogens is 1. The van der Waals surface area contributed by atoms with Crippen LogP contribution < -0.4 is 10.6 Å². The Morgan fingerprint density at radius 3 is 3.00 bits per heavy atom. The van der Waals surface area contributed by atoms with Gasteiger partial charge >= 0.3 is 0 Å². The van der Waals surface area contributed by atoms with E-state index >= 15 is 0 Å². The molecule has 2 heterocycles. The predicted molar refractivity (Wildman–Crippen MR) is 94.7 cm³/mol. The largest absolute Gasteiger partial charge is 0.346 e. The van der Waals surface area contributed by atoms with Crippen LogP contribution in [0.1, 0.15) is 12.8 Å². The highest BCUT2D eigenvalue weighted by Crippen LogP contribution is 2.22. The van der Waals surface area contributed by atoms with E-state index < -0.39 is 0 Å². The van der Waals surface area contributed by atoms with Gasteiger partial charge in [0.05, 0.1) is 11.4 Å². The number of anilines is 1. The lowest BCUT2D eigenvalue weighted by Crippen LogP contribution is -2.37. The second kappa shape index (κ2) is 7.15. The van der Waals surface area contributed by atoms with Crippen LogP contribution in [0, 0.1) is 5.92 Å². The molecule has 1 saturated heterocycles. The molecule has 0 radical (unpaired) electrons. The Kier molecular flexibility index (Phi) is 4.98. The Bertz CT molecular complexity index is 671. The third-order valence-electron chi connectivity index (χ3n) is 4.50. The minimum absolute atomic E-state index is 0.0833. The molecule has 1 amide bonds. The standard InChI is InChI=1S/C18H26N4O/c1-21(2)10-11-22-9-7-14-5-6-16(12-17(14)22)20-18(23)15-4-3-8-19-13-15/h5-7,9,12,15,19H,3-4,8,10-11,13H2,1-2H3,(H,20,23). The van der Waals surface area contributed by atoms with E-state index in [-0.39, 0.29) is 11.8 Å². The van der Waals surface area contributed by atoms with E-state index in [0.29, 0.717) is 0 Å². The molecule has 0 bridgehead atoms. The van der Waals surface area contributed by atoms with Crippen molar-refractivity contribution in [2.24, 2.45) is 5.92 Å². The third kappa shape index (κ3) is 3.92. The number of nitrogens with zero attached hydrogens (tertiary/aromatic N) is 2. The molecule has 0 saturated carbocycles. The molecule has 5 nitrogen and oxygen atoms in total. The van der Waals surface area contributed by atoms with E-state index in [4.69, 9.17) is 0 Å². The Labute approximate surface area is 137 Å². The first kappa shape index (κ1) is 16.0. The molecular weight excluding hydrogens is 288 g/mol. The summed E-state index contributed by atoms with van der Waals surface area (Å²) in [5.41, 5.74) is 2.06. The topological polar surface area (TPSA) is 49.3 Å². The fourth-order valence-corrected chi connectivity index (χ4v) is 3.08. The van der Waals surface area contributed by atoms with E-state index in [1.807, 2.05) is 6.07 Å². The number of piperidine rings is 1. The van der Waals surface area contributed by atoms with E-state index in [2.05, 4.69) is 58.6 Å². The molecule has 1 fully saturated rings. The molecule has 23 heavy (non-hydrogen) atoms. The van der Waals surface area contributed by atoms with E-state index in [1.54, 1.807) is 0 Å². The first-order valence-corrected chi connectivity index (χ1v) is 8.39. The van der Waals surface area contributed by atoms with Crippen LogP contribution in [0.5, 0.6) is 0 Å². The quantitative estimate of drug-likeness (QED) is 0.889. The number of hydrogen-bond donors (Lipinski definition) is 2. The SMILES string of the molecule is CN(C)CCn1ccc2ccc(NC(=O)C3CCCNC3)cc21. The van der Waals surface area contributed by atoms with Crippen molar-refractivity contribution in [3.8, 4) is 0 Å². The number of fused-ring (bicyclic) bond motifs is 1. The summed E-state index contributed by atoms with van der Waals surface area (Å²) in [6.45, 7) is 3.75. The van der Waals surface area contributed by atoms with Gasteiger partial charge in [-0.3, -0.25) is 4.79 Å². The van der Waals surface area contributed by atoms with Crippen molar-refractivity contribution in [2.75, 3.05) is 39.0 Å². The zero-order valence-electron chi connectivity index (χ0n) is 14.0. The van der Waals surface area contributed by atoms with Gasteiger partial charge in [-0.1, -0.05) is 6.07 Å². The van der Waals surface area contributed by atoms with E-state index in [9.17, 15) is 4.79 Å². The summed E-state index contributed by atoms with van der Waals surface area (Å²) in [5.74, 6) is 0.211. The van der Waals surface area contributed by atoms with Crippen molar-refractivity contribution in [2.45, 2.75) is 19.4 Å². The summed E-state index contributed by atoms with van der Waals surface area (Å²) in [6, 6.07) is 8.28. The summed E-state index contributed by atoms with van der Waals surface area (Å²) in [6.07, 6.45) is 4.16. The van der Waals surface area contributed by atoms with Gasteiger partial charge < -0.3 is 20.1 Å². The average molecular weight is 314 g/mol. The van der Waals surface area contributed by atoms with Gasteiger partial charge in [-0.25, -0.2) is 0 Å². The van der Waals surface area contributed by atoms with Crippen molar-refractivity contribution >= 4 is 22.5 Å². The molecule has 2 N–H and O–H groups in total.